The fraction of sp³-hybridized carbons (Fsp3) is 0.571. The molecule has 2 atom stereocenters. The van der Waals surface area contributed by atoms with Crippen LogP contribution in [0, 0.1) is 5.92 Å². The van der Waals surface area contributed by atoms with Crippen LogP contribution in [0.4, 0.5) is 5.82 Å². The summed E-state index contributed by atoms with van der Waals surface area (Å²) in [5.74, 6) is 0.852. The van der Waals surface area contributed by atoms with Crippen LogP contribution in [0.3, 0.4) is 0 Å². The van der Waals surface area contributed by atoms with Gasteiger partial charge in [-0.25, -0.2) is 4.98 Å². The van der Waals surface area contributed by atoms with Gasteiger partial charge in [-0.2, -0.15) is 14.6 Å². The zero-order valence-corrected chi connectivity index (χ0v) is 12.8. The monoisotopic (exact) mass is 291 g/mol. The fourth-order valence-electron chi connectivity index (χ4n) is 1.98. The van der Waals surface area contributed by atoms with Crippen molar-refractivity contribution in [2.75, 3.05) is 11.9 Å². The molecule has 0 aliphatic heterocycles. The lowest BCUT2D eigenvalue weighted by atomic mass is 10.0. The van der Waals surface area contributed by atoms with Crippen LogP contribution in [-0.2, 0) is 16.0 Å². The van der Waals surface area contributed by atoms with Crippen LogP contribution < -0.4 is 5.32 Å². The SMILES string of the molecule is CCOC(=O)[C@H](C)[C@@H](C)Nc1cc(CC)nc2ncnn12. The summed E-state index contributed by atoms with van der Waals surface area (Å²) in [5.41, 5.74) is 0.925. The second kappa shape index (κ2) is 6.51. The van der Waals surface area contributed by atoms with Crippen molar-refractivity contribution in [2.45, 2.75) is 40.2 Å². The third-order valence-electron chi connectivity index (χ3n) is 3.45. The predicted molar refractivity (Wildman–Crippen MR) is 79.0 cm³/mol. The lowest BCUT2D eigenvalue weighted by Crippen LogP contribution is -2.32. The van der Waals surface area contributed by atoms with E-state index in [1.54, 1.807) is 11.4 Å². The van der Waals surface area contributed by atoms with E-state index in [0.29, 0.717) is 12.4 Å². The molecule has 2 heterocycles. The molecule has 21 heavy (non-hydrogen) atoms. The minimum Gasteiger partial charge on any atom is -0.466 e. The largest absolute Gasteiger partial charge is 0.466 e. The van der Waals surface area contributed by atoms with Crippen molar-refractivity contribution in [2.24, 2.45) is 5.92 Å². The summed E-state index contributed by atoms with van der Waals surface area (Å²) in [7, 11) is 0. The molecule has 7 heteroatoms. The molecule has 2 rings (SSSR count). The maximum absolute atomic E-state index is 11.8. The first-order chi connectivity index (χ1) is 10.1. The summed E-state index contributed by atoms with van der Waals surface area (Å²) in [6, 6.07) is 1.83. The van der Waals surface area contributed by atoms with Crippen molar-refractivity contribution in [3.05, 3.63) is 18.1 Å². The first-order valence-corrected chi connectivity index (χ1v) is 7.19. The van der Waals surface area contributed by atoms with Crippen molar-refractivity contribution in [3.8, 4) is 0 Å². The van der Waals surface area contributed by atoms with Gasteiger partial charge in [0.2, 0.25) is 0 Å². The molecule has 0 bridgehead atoms. The number of rotatable bonds is 6. The normalized spacial score (nSPS) is 13.9. The number of aromatic nitrogens is 4. The Morgan fingerprint density at radius 3 is 2.86 bits per heavy atom. The number of nitrogens with one attached hydrogen (secondary N) is 1. The van der Waals surface area contributed by atoms with E-state index < -0.39 is 0 Å². The van der Waals surface area contributed by atoms with Crippen molar-refractivity contribution >= 4 is 17.6 Å². The van der Waals surface area contributed by atoms with Gasteiger partial charge in [-0.1, -0.05) is 6.92 Å². The van der Waals surface area contributed by atoms with Crippen molar-refractivity contribution in [1.29, 1.82) is 0 Å². The third kappa shape index (κ3) is 3.29. The fourth-order valence-corrected chi connectivity index (χ4v) is 1.98. The highest BCUT2D eigenvalue weighted by Gasteiger charge is 2.22. The summed E-state index contributed by atoms with van der Waals surface area (Å²) in [6.45, 7) is 8.01. The Bertz CT molecular complexity index is 625. The first-order valence-electron chi connectivity index (χ1n) is 7.19. The molecule has 0 aromatic carbocycles. The highest BCUT2D eigenvalue weighted by Crippen LogP contribution is 2.16. The van der Waals surface area contributed by atoms with Crippen LogP contribution in [0.1, 0.15) is 33.4 Å². The summed E-state index contributed by atoms with van der Waals surface area (Å²) in [6.07, 6.45) is 2.27. The highest BCUT2D eigenvalue weighted by atomic mass is 16.5. The molecule has 0 spiro atoms. The van der Waals surface area contributed by atoms with Crippen LogP contribution in [0.25, 0.3) is 5.78 Å². The molecule has 0 aliphatic rings. The van der Waals surface area contributed by atoms with Gasteiger partial charge in [0.05, 0.1) is 12.5 Å². The number of esters is 1. The van der Waals surface area contributed by atoms with Gasteiger partial charge >= 0.3 is 5.97 Å². The summed E-state index contributed by atoms with van der Waals surface area (Å²) in [4.78, 5) is 20.3. The number of ether oxygens (including phenoxy) is 1. The van der Waals surface area contributed by atoms with E-state index in [1.807, 2.05) is 26.8 Å². The zero-order chi connectivity index (χ0) is 15.4. The van der Waals surface area contributed by atoms with E-state index in [-0.39, 0.29) is 17.9 Å². The van der Waals surface area contributed by atoms with Crippen LogP contribution in [0.2, 0.25) is 0 Å². The Hall–Kier alpha value is -2.18. The third-order valence-corrected chi connectivity index (χ3v) is 3.45. The number of carbonyl (C=O) groups excluding carboxylic acids is 1. The molecule has 0 saturated carbocycles. The Labute approximate surface area is 123 Å². The minimum atomic E-state index is -0.262. The van der Waals surface area contributed by atoms with Gasteiger partial charge in [0.1, 0.15) is 12.1 Å². The second-order valence-electron chi connectivity index (χ2n) is 4.93. The molecular formula is C14H21N5O2. The molecule has 0 radical (unpaired) electrons. The molecule has 0 fully saturated rings. The van der Waals surface area contributed by atoms with Gasteiger partial charge in [0, 0.05) is 17.8 Å². The van der Waals surface area contributed by atoms with Crippen molar-refractivity contribution in [3.63, 3.8) is 0 Å². The Morgan fingerprint density at radius 2 is 2.19 bits per heavy atom. The van der Waals surface area contributed by atoms with E-state index in [4.69, 9.17) is 4.74 Å². The number of nitrogens with zero attached hydrogens (tertiary/aromatic N) is 4. The lowest BCUT2D eigenvalue weighted by Gasteiger charge is -2.21. The van der Waals surface area contributed by atoms with Gasteiger partial charge < -0.3 is 10.1 Å². The van der Waals surface area contributed by atoms with Gasteiger partial charge in [0.25, 0.3) is 5.78 Å². The van der Waals surface area contributed by atoms with E-state index in [1.165, 1.54) is 6.33 Å². The molecular weight excluding hydrogens is 270 g/mol. The molecule has 114 valence electrons. The summed E-state index contributed by atoms with van der Waals surface area (Å²) >= 11 is 0. The maximum atomic E-state index is 11.8. The average molecular weight is 291 g/mol. The number of anilines is 1. The number of hydrogen-bond acceptors (Lipinski definition) is 6. The molecule has 0 aliphatic carbocycles. The molecule has 0 saturated heterocycles. The van der Waals surface area contributed by atoms with E-state index in [0.717, 1.165) is 17.9 Å². The van der Waals surface area contributed by atoms with E-state index in [2.05, 4.69) is 20.4 Å². The van der Waals surface area contributed by atoms with Crippen molar-refractivity contribution in [1.82, 2.24) is 19.6 Å². The average Bonchev–Trinajstić information content (AvgIpc) is 2.94. The Morgan fingerprint density at radius 1 is 1.43 bits per heavy atom. The molecule has 7 nitrogen and oxygen atoms in total. The summed E-state index contributed by atoms with van der Waals surface area (Å²) < 4.78 is 6.69. The highest BCUT2D eigenvalue weighted by molar-refractivity contribution is 5.73. The Kier molecular flexibility index (Phi) is 4.72. The maximum Gasteiger partial charge on any atom is 0.310 e. The molecule has 0 unspecified atom stereocenters. The number of carbonyl (C=O) groups is 1. The van der Waals surface area contributed by atoms with Crippen LogP contribution in [0.15, 0.2) is 12.4 Å². The van der Waals surface area contributed by atoms with Gasteiger partial charge in [-0.15, -0.1) is 0 Å². The standard InChI is InChI=1S/C14H21N5O2/c1-5-11-7-12(19-14(18-11)15-8-16-19)17-10(4)9(3)13(20)21-6-2/h7-10,17H,5-6H2,1-4H3/t9-,10-/m1/s1. The smallest absolute Gasteiger partial charge is 0.310 e. The van der Waals surface area contributed by atoms with Crippen molar-refractivity contribution < 1.29 is 9.53 Å². The van der Waals surface area contributed by atoms with Crippen LogP contribution in [0.5, 0.6) is 0 Å². The first kappa shape index (κ1) is 15.2. The van der Waals surface area contributed by atoms with E-state index >= 15 is 0 Å². The Balaban J connectivity index is 2.22. The lowest BCUT2D eigenvalue weighted by molar-refractivity contribution is -0.147. The number of aryl methyl sites for hydroxylation is 1. The number of fused-ring (bicyclic) bond motifs is 1. The summed E-state index contributed by atoms with van der Waals surface area (Å²) in [5, 5.41) is 7.46. The zero-order valence-electron chi connectivity index (χ0n) is 12.8. The van der Waals surface area contributed by atoms with Gasteiger partial charge in [-0.3, -0.25) is 4.79 Å². The second-order valence-corrected chi connectivity index (χ2v) is 4.93. The van der Waals surface area contributed by atoms with Crippen LogP contribution >= 0.6 is 0 Å². The van der Waals surface area contributed by atoms with E-state index in [9.17, 15) is 4.79 Å². The van der Waals surface area contributed by atoms with Gasteiger partial charge in [-0.05, 0) is 27.2 Å². The van der Waals surface area contributed by atoms with Gasteiger partial charge in [0.15, 0.2) is 0 Å². The van der Waals surface area contributed by atoms with Crippen LogP contribution in [-0.4, -0.2) is 38.2 Å². The minimum absolute atomic E-state index is 0.0939. The topological polar surface area (TPSA) is 81.4 Å². The molecule has 2 aromatic rings. The predicted octanol–water partition coefficient (Wildman–Crippen LogP) is 1.69. The quantitative estimate of drug-likeness (QED) is 0.816. The molecule has 0 amide bonds. The number of hydrogen-bond donors (Lipinski definition) is 1. The molecule has 2 aromatic heterocycles. The molecule has 1 N–H and O–H groups in total.